The minimum atomic E-state index is -0.339. The average molecular weight is 410 g/mol. The Kier molecular flexibility index (Phi) is 6.02. The Hall–Kier alpha value is -3.29. The number of nitrogens with zero attached hydrogens (tertiary/aromatic N) is 3. The van der Waals surface area contributed by atoms with Crippen molar-refractivity contribution in [3.63, 3.8) is 0 Å². The molecule has 158 valence electrons. The summed E-state index contributed by atoms with van der Waals surface area (Å²) in [4.78, 5) is 43.0. The van der Waals surface area contributed by atoms with Gasteiger partial charge in [-0.1, -0.05) is 0 Å². The summed E-state index contributed by atoms with van der Waals surface area (Å²) in [5.41, 5.74) is 1.15. The third-order valence-corrected chi connectivity index (χ3v) is 5.60. The van der Waals surface area contributed by atoms with E-state index in [4.69, 9.17) is 4.42 Å². The highest BCUT2D eigenvalue weighted by molar-refractivity contribution is 6.02. The Bertz CT molecular complexity index is 880. The van der Waals surface area contributed by atoms with Crippen molar-refractivity contribution in [1.29, 1.82) is 0 Å². The maximum Gasteiger partial charge on any atom is 0.320 e. The van der Waals surface area contributed by atoms with Gasteiger partial charge in [-0.05, 0) is 55.7 Å². The van der Waals surface area contributed by atoms with Gasteiger partial charge in [0.15, 0.2) is 5.76 Å². The Morgan fingerprint density at radius 2 is 1.40 bits per heavy atom. The number of furan rings is 1. The molecular weight excluding hydrogens is 384 g/mol. The number of piperidine rings is 1. The number of nitrogens with one attached hydrogen (secondary N) is 1. The number of likely N-dealkylation sites (tertiary alicyclic amines) is 1. The van der Waals surface area contributed by atoms with E-state index in [-0.39, 0.29) is 23.6 Å². The van der Waals surface area contributed by atoms with Crippen molar-refractivity contribution in [3.05, 3.63) is 54.0 Å². The third kappa shape index (κ3) is 4.48. The predicted molar refractivity (Wildman–Crippen MR) is 111 cm³/mol. The number of piperazine rings is 1. The van der Waals surface area contributed by atoms with E-state index in [1.54, 1.807) is 41.3 Å². The van der Waals surface area contributed by atoms with E-state index in [9.17, 15) is 14.4 Å². The van der Waals surface area contributed by atoms with Gasteiger partial charge in [-0.2, -0.15) is 0 Å². The van der Waals surface area contributed by atoms with Crippen LogP contribution in [0.25, 0.3) is 0 Å². The van der Waals surface area contributed by atoms with Crippen LogP contribution in [0.15, 0.2) is 47.1 Å². The maximum atomic E-state index is 12.8. The summed E-state index contributed by atoms with van der Waals surface area (Å²) in [5, 5.41) is 2.73. The summed E-state index contributed by atoms with van der Waals surface area (Å²) in [6.07, 6.45) is 4.78. The summed E-state index contributed by atoms with van der Waals surface area (Å²) in [6.45, 7) is 3.82. The van der Waals surface area contributed by atoms with E-state index in [1.165, 1.54) is 12.7 Å². The quantitative estimate of drug-likeness (QED) is 0.843. The van der Waals surface area contributed by atoms with Crippen LogP contribution in [-0.4, -0.2) is 71.8 Å². The first kappa shape index (κ1) is 20.0. The van der Waals surface area contributed by atoms with Crippen LogP contribution in [0.1, 0.15) is 40.2 Å². The average Bonchev–Trinajstić information content (AvgIpc) is 3.35. The molecule has 0 aliphatic carbocycles. The first-order valence-corrected chi connectivity index (χ1v) is 10.4. The Balaban J connectivity index is 1.29. The lowest BCUT2D eigenvalue weighted by atomic mass is 10.1. The van der Waals surface area contributed by atoms with Gasteiger partial charge in [-0.15, -0.1) is 0 Å². The van der Waals surface area contributed by atoms with Gasteiger partial charge in [0, 0.05) is 50.5 Å². The van der Waals surface area contributed by atoms with Gasteiger partial charge in [-0.3, -0.25) is 9.59 Å². The summed E-state index contributed by atoms with van der Waals surface area (Å²) in [7, 11) is 0. The molecule has 0 unspecified atom stereocenters. The van der Waals surface area contributed by atoms with E-state index in [1.807, 2.05) is 9.80 Å². The molecule has 2 fully saturated rings. The molecule has 2 aromatic rings. The summed E-state index contributed by atoms with van der Waals surface area (Å²) >= 11 is 0. The Morgan fingerprint density at radius 3 is 2.03 bits per heavy atom. The van der Waals surface area contributed by atoms with Crippen molar-refractivity contribution in [3.8, 4) is 0 Å². The van der Waals surface area contributed by atoms with Crippen LogP contribution in [0.4, 0.5) is 10.5 Å². The molecule has 30 heavy (non-hydrogen) atoms. The lowest BCUT2D eigenvalue weighted by Gasteiger charge is -2.38. The van der Waals surface area contributed by atoms with E-state index in [0.717, 1.165) is 25.9 Å². The van der Waals surface area contributed by atoms with Crippen LogP contribution in [0.3, 0.4) is 0 Å². The standard InChI is InChI=1S/C22H26N4O4/c27-20(19-5-4-16-30-19)23-18-8-6-17(7-9-18)21(28)24-12-14-26(15-13-24)22(29)25-10-2-1-3-11-25/h4-9,16H,1-3,10-15H2,(H,23,27). The van der Waals surface area contributed by atoms with Gasteiger partial charge < -0.3 is 24.4 Å². The first-order chi connectivity index (χ1) is 14.6. The lowest BCUT2D eigenvalue weighted by Crippen LogP contribution is -2.54. The molecule has 0 spiro atoms. The molecular formula is C22H26N4O4. The van der Waals surface area contributed by atoms with Crippen molar-refractivity contribution in [2.24, 2.45) is 0 Å². The summed E-state index contributed by atoms with van der Waals surface area (Å²) in [5.74, 6) is -0.176. The molecule has 0 radical (unpaired) electrons. The highest BCUT2D eigenvalue weighted by Crippen LogP contribution is 2.16. The van der Waals surface area contributed by atoms with Crippen LogP contribution in [0.2, 0.25) is 0 Å². The molecule has 4 amide bonds. The second-order valence-corrected chi connectivity index (χ2v) is 7.62. The van der Waals surface area contributed by atoms with E-state index >= 15 is 0 Å². The van der Waals surface area contributed by atoms with Gasteiger partial charge in [0.05, 0.1) is 6.26 Å². The number of rotatable bonds is 3. The molecule has 0 atom stereocenters. The number of benzene rings is 1. The van der Waals surface area contributed by atoms with Crippen molar-refractivity contribution >= 4 is 23.5 Å². The number of carbonyl (C=O) groups excluding carboxylic acids is 3. The van der Waals surface area contributed by atoms with Crippen LogP contribution >= 0.6 is 0 Å². The molecule has 1 aromatic carbocycles. The van der Waals surface area contributed by atoms with Crippen LogP contribution in [0.5, 0.6) is 0 Å². The van der Waals surface area contributed by atoms with Crippen molar-refractivity contribution < 1.29 is 18.8 Å². The number of anilines is 1. The van der Waals surface area contributed by atoms with Gasteiger partial charge in [-0.25, -0.2) is 4.79 Å². The van der Waals surface area contributed by atoms with E-state index in [0.29, 0.717) is 37.4 Å². The highest BCUT2D eigenvalue weighted by atomic mass is 16.3. The normalized spacial score (nSPS) is 17.0. The second kappa shape index (κ2) is 9.02. The van der Waals surface area contributed by atoms with Crippen LogP contribution < -0.4 is 5.32 Å². The molecule has 1 aromatic heterocycles. The second-order valence-electron chi connectivity index (χ2n) is 7.62. The molecule has 0 saturated carbocycles. The van der Waals surface area contributed by atoms with Gasteiger partial charge in [0.25, 0.3) is 11.8 Å². The topological polar surface area (TPSA) is 86.1 Å². The van der Waals surface area contributed by atoms with E-state index < -0.39 is 0 Å². The smallest absolute Gasteiger partial charge is 0.320 e. The summed E-state index contributed by atoms with van der Waals surface area (Å²) in [6, 6.07) is 10.1. The Labute approximate surface area is 175 Å². The molecule has 8 heteroatoms. The van der Waals surface area contributed by atoms with Gasteiger partial charge in [0.1, 0.15) is 0 Å². The van der Waals surface area contributed by atoms with Crippen molar-refractivity contribution in [2.45, 2.75) is 19.3 Å². The molecule has 2 saturated heterocycles. The van der Waals surface area contributed by atoms with Gasteiger partial charge in [0.2, 0.25) is 0 Å². The van der Waals surface area contributed by atoms with Crippen molar-refractivity contribution in [2.75, 3.05) is 44.6 Å². The largest absolute Gasteiger partial charge is 0.459 e. The predicted octanol–water partition coefficient (Wildman–Crippen LogP) is 2.90. The number of amides is 4. The molecule has 8 nitrogen and oxygen atoms in total. The molecule has 1 N–H and O–H groups in total. The monoisotopic (exact) mass is 410 g/mol. The number of carbonyl (C=O) groups is 3. The maximum absolute atomic E-state index is 12.8. The van der Waals surface area contributed by atoms with Crippen LogP contribution in [0, 0.1) is 0 Å². The minimum Gasteiger partial charge on any atom is -0.459 e. The fraction of sp³-hybridized carbons (Fsp3) is 0.409. The zero-order valence-electron chi connectivity index (χ0n) is 16.9. The fourth-order valence-corrected chi connectivity index (χ4v) is 3.87. The fourth-order valence-electron chi connectivity index (χ4n) is 3.87. The number of urea groups is 1. The summed E-state index contributed by atoms with van der Waals surface area (Å²) < 4.78 is 5.07. The first-order valence-electron chi connectivity index (χ1n) is 10.4. The minimum absolute atomic E-state index is 0.0658. The molecule has 2 aliphatic rings. The molecule has 4 rings (SSSR count). The molecule has 0 bridgehead atoms. The Morgan fingerprint density at radius 1 is 0.767 bits per heavy atom. The lowest BCUT2D eigenvalue weighted by molar-refractivity contribution is 0.0633. The van der Waals surface area contributed by atoms with Crippen LogP contribution in [-0.2, 0) is 0 Å². The SMILES string of the molecule is O=C(Nc1ccc(C(=O)N2CCN(C(=O)N3CCCCC3)CC2)cc1)c1ccco1. The highest BCUT2D eigenvalue weighted by Gasteiger charge is 2.28. The molecule has 3 heterocycles. The zero-order valence-corrected chi connectivity index (χ0v) is 16.9. The number of hydrogen-bond donors (Lipinski definition) is 1. The number of hydrogen-bond acceptors (Lipinski definition) is 4. The zero-order chi connectivity index (χ0) is 20.9. The third-order valence-electron chi connectivity index (χ3n) is 5.60. The molecule has 2 aliphatic heterocycles. The van der Waals surface area contributed by atoms with Gasteiger partial charge >= 0.3 is 6.03 Å². The van der Waals surface area contributed by atoms with Crippen molar-refractivity contribution in [1.82, 2.24) is 14.7 Å². The van der Waals surface area contributed by atoms with E-state index in [2.05, 4.69) is 5.32 Å².